The molecule has 2 aromatic rings. The third-order valence-electron chi connectivity index (χ3n) is 4.24. The van der Waals surface area contributed by atoms with Gasteiger partial charge < -0.3 is 13.9 Å². The summed E-state index contributed by atoms with van der Waals surface area (Å²) < 4.78 is 59.6. The van der Waals surface area contributed by atoms with E-state index in [2.05, 4.69) is 0 Å². The number of ether oxygens (including phenoxy) is 2. The summed E-state index contributed by atoms with van der Waals surface area (Å²) in [6, 6.07) is 12.3. The Hall–Kier alpha value is -3.67. The van der Waals surface area contributed by atoms with Gasteiger partial charge in [-0.05, 0) is 39.0 Å². The fourth-order valence-electron chi connectivity index (χ4n) is 2.96. The Morgan fingerprint density at radius 1 is 1.13 bits per heavy atom. The number of nitriles is 1. The molecule has 162 valence electrons. The molecule has 0 fully saturated rings. The van der Waals surface area contributed by atoms with Gasteiger partial charge in [0.1, 0.15) is 23.0 Å². The van der Waals surface area contributed by atoms with Crippen LogP contribution in [0.4, 0.5) is 18.0 Å². The van der Waals surface area contributed by atoms with Crippen molar-refractivity contribution < 1.29 is 31.9 Å². The predicted octanol–water partition coefficient (Wildman–Crippen LogP) is 5.41. The van der Waals surface area contributed by atoms with Gasteiger partial charge in [-0.2, -0.15) is 18.4 Å². The van der Waals surface area contributed by atoms with Gasteiger partial charge in [0.2, 0.25) is 5.54 Å². The average molecular weight is 432 g/mol. The molecule has 0 aliphatic carbocycles. The summed E-state index contributed by atoms with van der Waals surface area (Å²) in [4.78, 5) is 12.4. The van der Waals surface area contributed by atoms with E-state index in [0.29, 0.717) is 11.6 Å². The van der Waals surface area contributed by atoms with Crippen LogP contribution < -0.4 is 5.32 Å². The van der Waals surface area contributed by atoms with Crippen molar-refractivity contribution in [3.05, 3.63) is 71.7 Å². The molecule has 1 atom stereocenters. The molecule has 0 radical (unpaired) electrons. The molecule has 1 amide bonds. The van der Waals surface area contributed by atoms with E-state index in [0.717, 1.165) is 0 Å². The zero-order valence-electron chi connectivity index (χ0n) is 16.9. The van der Waals surface area contributed by atoms with E-state index in [9.17, 15) is 23.2 Å². The standard InChI is InChI=1S/C22H19F3N2O4/c1-20(2,3)31-19(28)27-21(22(23,24)25)12-17(14-8-5-4-6-9-14)30-18(15(21)13-26)16-10-7-11-29-16/h4-12H,1-3H3,(H,27,28). The Labute approximate surface area is 176 Å². The number of rotatable bonds is 3. The lowest BCUT2D eigenvalue weighted by Crippen LogP contribution is -2.60. The van der Waals surface area contributed by atoms with Crippen molar-refractivity contribution in [2.45, 2.75) is 38.1 Å². The monoisotopic (exact) mass is 432 g/mol. The third-order valence-corrected chi connectivity index (χ3v) is 4.24. The lowest BCUT2D eigenvalue weighted by atomic mass is 9.84. The van der Waals surface area contributed by atoms with E-state index in [1.807, 2.05) is 5.32 Å². The summed E-state index contributed by atoms with van der Waals surface area (Å²) >= 11 is 0. The van der Waals surface area contributed by atoms with E-state index < -0.39 is 34.7 Å². The molecule has 1 unspecified atom stereocenters. The van der Waals surface area contributed by atoms with Gasteiger partial charge in [0.15, 0.2) is 11.5 Å². The number of furan rings is 1. The van der Waals surface area contributed by atoms with Gasteiger partial charge >= 0.3 is 12.3 Å². The number of hydrogen-bond donors (Lipinski definition) is 1. The second-order valence-electron chi connectivity index (χ2n) is 7.70. The van der Waals surface area contributed by atoms with Crippen LogP contribution in [0.2, 0.25) is 0 Å². The van der Waals surface area contributed by atoms with Crippen molar-refractivity contribution in [2.24, 2.45) is 0 Å². The number of carbonyl (C=O) groups excluding carboxylic acids is 1. The summed E-state index contributed by atoms with van der Waals surface area (Å²) in [6.07, 6.45) is -4.56. The molecule has 0 spiro atoms. The van der Waals surface area contributed by atoms with Crippen molar-refractivity contribution in [1.82, 2.24) is 5.32 Å². The molecule has 9 heteroatoms. The van der Waals surface area contributed by atoms with E-state index >= 15 is 0 Å². The zero-order chi connectivity index (χ0) is 22.9. The first kappa shape index (κ1) is 22.0. The molecule has 0 saturated heterocycles. The van der Waals surface area contributed by atoms with E-state index in [4.69, 9.17) is 13.9 Å². The van der Waals surface area contributed by atoms with Gasteiger partial charge in [0.25, 0.3) is 0 Å². The number of nitrogens with one attached hydrogen (secondary N) is 1. The van der Waals surface area contributed by atoms with Crippen LogP contribution in [0.3, 0.4) is 0 Å². The Morgan fingerprint density at radius 3 is 2.32 bits per heavy atom. The van der Waals surface area contributed by atoms with Crippen LogP contribution in [0.1, 0.15) is 32.1 Å². The summed E-state index contributed by atoms with van der Waals surface area (Å²) in [7, 11) is 0. The molecule has 3 rings (SSSR count). The van der Waals surface area contributed by atoms with Crippen LogP contribution in [-0.2, 0) is 9.47 Å². The maximum Gasteiger partial charge on any atom is 0.420 e. The molecule has 1 aliphatic heterocycles. The first-order valence-corrected chi connectivity index (χ1v) is 9.19. The quantitative estimate of drug-likeness (QED) is 0.701. The van der Waals surface area contributed by atoms with Crippen molar-refractivity contribution in [3.8, 4) is 6.07 Å². The molecule has 31 heavy (non-hydrogen) atoms. The molecule has 1 aromatic heterocycles. The molecule has 1 aromatic carbocycles. The number of hydrogen-bond acceptors (Lipinski definition) is 5. The number of amides is 1. The molecular weight excluding hydrogens is 413 g/mol. The number of benzene rings is 1. The van der Waals surface area contributed by atoms with Crippen LogP contribution in [0.5, 0.6) is 0 Å². The highest BCUT2D eigenvalue weighted by molar-refractivity contribution is 5.82. The second-order valence-corrected chi connectivity index (χ2v) is 7.70. The van der Waals surface area contributed by atoms with E-state index in [1.54, 1.807) is 18.2 Å². The predicted molar refractivity (Wildman–Crippen MR) is 105 cm³/mol. The van der Waals surface area contributed by atoms with Crippen LogP contribution in [-0.4, -0.2) is 23.4 Å². The van der Waals surface area contributed by atoms with Gasteiger partial charge in [-0.15, -0.1) is 0 Å². The van der Waals surface area contributed by atoms with Gasteiger partial charge in [-0.3, -0.25) is 5.32 Å². The van der Waals surface area contributed by atoms with Gasteiger partial charge in [-0.25, -0.2) is 4.79 Å². The van der Waals surface area contributed by atoms with Gasteiger partial charge in [0.05, 0.1) is 6.26 Å². The third kappa shape index (κ3) is 4.43. The van der Waals surface area contributed by atoms with Crippen molar-refractivity contribution in [3.63, 3.8) is 0 Å². The molecule has 0 saturated carbocycles. The minimum atomic E-state index is -5.11. The van der Waals surface area contributed by atoms with Crippen LogP contribution in [0.25, 0.3) is 11.5 Å². The fraction of sp³-hybridized carbons (Fsp3) is 0.273. The highest BCUT2D eigenvalue weighted by Crippen LogP contribution is 2.47. The molecule has 1 N–H and O–H groups in total. The highest BCUT2D eigenvalue weighted by atomic mass is 19.4. The maximum absolute atomic E-state index is 14.5. The topological polar surface area (TPSA) is 84.5 Å². The number of halogens is 3. The van der Waals surface area contributed by atoms with Crippen molar-refractivity contribution in [1.29, 1.82) is 5.26 Å². The largest absolute Gasteiger partial charge is 0.461 e. The van der Waals surface area contributed by atoms with E-state index in [1.165, 1.54) is 57.4 Å². The summed E-state index contributed by atoms with van der Waals surface area (Å²) in [5.74, 6) is -0.765. The lowest BCUT2D eigenvalue weighted by Gasteiger charge is -2.37. The fourth-order valence-corrected chi connectivity index (χ4v) is 2.96. The average Bonchev–Trinajstić information content (AvgIpc) is 3.20. The smallest absolute Gasteiger partial charge is 0.420 e. The van der Waals surface area contributed by atoms with Crippen LogP contribution in [0, 0.1) is 11.3 Å². The summed E-state index contributed by atoms with van der Waals surface area (Å²) in [6.45, 7) is 4.53. The summed E-state index contributed by atoms with van der Waals surface area (Å²) in [5.41, 5.74) is -4.85. The van der Waals surface area contributed by atoms with Gasteiger partial charge in [-0.1, -0.05) is 30.3 Å². The number of carbonyl (C=O) groups is 1. The number of nitrogens with zero attached hydrogens (tertiary/aromatic N) is 1. The Kier molecular flexibility index (Phi) is 5.59. The van der Waals surface area contributed by atoms with Crippen LogP contribution >= 0.6 is 0 Å². The van der Waals surface area contributed by atoms with Crippen LogP contribution in [0.15, 0.2) is 64.8 Å². The molecule has 0 bridgehead atoms. The van der Waals surface area contributed by atoms with Crippen molar-refractivity contribution in [2.75, 3.05) is 0 Å². The van der Waals surface area contributed by atoms with Gasteiger partial charge in [0, 0.05) is 5.56 Å². The van der Waals surface area contributed by atoms with Crippen molar-refractivity contribution >= 4 is 17.6 Å². The molecular formula is C22H19F3N2O4. The Balaban J connectivity index is 2.26. The zero-order valence-corrected chi connectivity index (χ0v) is 16.9. The minimum Gasteiger partial charge on any atom is -0.461 e. The van der Waals surface area contributed by atoms with E-state index in [-0.39, 0.29) is 11.5 Å². The number of alkyl carbamates (subject to hydrolysis) is 1. The molecule has 2 heterocycles. The maximum atomic E-state index is 14.5. The second kappa shape index (κ2) is 7.87. The SMILES string of the molecule is CC(C)(C)OC(=O)NC1(C(F)(F)F)C=C(c2ccccc2)OC(c2ccco2)=C1C#N. The Morgan fingerprint density at radius 2 is 1.81 bits per heavy atom. The first-order valence-electron chi connectivity index (χ1n) is 9.19. The number of alkyl halides is 3. The minimum absolute atomic E-state index is 0.0994. The Bertz CT molecular complexity index is 1060. The summed E-state index contributed by atoms with van der Waals surface area (Å²) in [5, 5.41) is 11.6. The first-order chi connectivity index (χ1) is 14.5. The lowest BCUT2D eigenvalue weighted by molar-refractivity contribution is -0.169. The molecule has 1 aliphatic rings. The highest BCUT2D eigenvalue weighted by Gasteiger charge is 2.61. The normalized spacial score (nSPS) is 19.2. The molecule has 6 nitrogen and oxygen atoms in total.